The summed E-state index contributed by atoms with van der Waals surface area (Å²) in [4.78, 5) is 16.0. The molecule has 0 aliphatic heterocycles. The molecule has 0 unspecified atom stereocenters. The average Bonchev–Trinajstić information content (AvgIpc) is 2.51. The number of thiazole rings is 1. The third kappa shape index (κ3) is 1.82. The minimum atomic E-state index is -0.355. The van der Waals surface area contributed by atoms with Crippen molar-refractivity contribution in [3.8, 4) is 0 Å². The van der Waals surface area contributed by atoms with Gasteiger partial charge in [0.1, 0.15) is 0 Å². The molecule has 12 heavy (non-hydrogen) atoms. The molecule has 0 saturated carbocycles. The van der Waals surface area contributed by atoms with Crippen molar-refractivity contribution in [2.75, 3.05) is 7.11 Å². The van der Waals surface area contributed by atoms with E-state index in [1.54, 1.807) is 6.20 Å². The van der Waals surface area contributed by atoms with Crippen LogP contribution in [0.1, 0.15) is 34.4 Å². The van der Waals surface area contributed by atoms with E-state index in [2.05, 4.69) is 23.6 Å². The van der Waals surface area contributed by atoms with E-state index in [1.807, 2.05) is 0 Å². The number of carbonyl (C=O) groups is 1. The Balaban J connectivity index is 2.84. The Kier molecular flexibility index (Phi) is 2.81. The average molecular weight is 185 g/mol. The third-order valence-corrected chi connectivity index (χ3v) is 2.73. The largest absolute Gasteiger partial charge is 0.464 e. The lowest BCUT2D eigenvalue weighted by atomic mass is 10.2. The molecule has 0 aromatic carbocycles. The summed E-state index contributed by atoms with van der Waals surface area (Å²) in [5.41, 5.74) is 0. The number of carbonyl (C=O) groups excluding carboxylic acids is 1. The van der Waals surface area contributed by atoms with Gasteiger partial charge in [-0.25, -0.2) is 9.78 Å². The molecule has 0 amide bonds. The molecule has 0 fully saturated rings. The predicted molar refractivity (Wildman–Crippen MR) is 47.5 cm³/mol. The molecule has 0 saturated heterocycles. The summed E-state index contributed by atoms with van der Waals surface area (Å²) in [6.07, 6.45) is 1.72. The number of nitrogens with zero attached hydrogens (tertiary/aromatic N) is 1. The van der Waals surface area contributed by atoms with Gasteiger partial charge in [0.05, 0.1) is 7.11 Å². The van der Waals surface area contributed by atoms with Crippen LogP contribution in [0.25, 0.3) is 0 Å². The summed E-state index contributed by atoms with van der Waals surface area (Å²) in [5, 5.41) is 0.432. The Labute approximate surface area is 75.4 Å². The quantitative estimate of drug-likeness (QED) is 0.662. The fraction of sp³-hybridized carbons (Fsp3) is 0.500. The second kappa shape index (κ2) is 3.67. The summed E-state index contributed by atoms with van der Waals surface area (Å²) in [7, 11) is 1.36. The van der Waals surface area contributed by atoms with Gasteiger partial charge in [-0.2, -0.15) is 0 Å². The zero-order chi connectivity index (χ0) is 9.14. The van der Waals surface area contributed by atoms with Gasteiger partial charge >= 0.3 is 5.97 Å². The Morgan fingerprint density at radius 3 is 2.75 bits per heavy atom. The lowest BCUT2D eigenvalue weighted by Gasteiger charge is -1.95. The fourth-order valence-corrected chi connectivity index (χ4v) is 1.57. The molecule has 1 aromatic heterocycles. The van der Waals surface area contributed by atoms with Crippen molar-refractivity contribution >= 4 is 17.3 Å². The number of hydrogen-bond acceptors (Lipinski definition) is 4. The van der Waals surface area contributed by atoms with E-state index < -0.39 is 0 Å². The van der Waals surface area contributed by atoms with Crippen molar-refractivity contribution in [1.29, 1.82) is 0 Å². The summed E-state index contributed by atoms with van der Waals surface area (Å²) < 4.78 is 4.54. The molecule has 1 rings (SSSR count). The van der Waals surface area contributed by atoms with Crippen molar-refractivity contribution < 1.29 is 9.53 Å². The van der Waals surface area contributed by atoms with Crippen LogP contribution < -0.4 is 0 Å². The van der Waals surface area contributed by atoms with E-state index in [1.165, 1.54) is 18.4 Å². The van der Waals surface area contributed by atoms with Gasteiger partial charge in [0.25, 0.3) is 0 Å². The van der Waals surface area contributed by atoms with Crippen molar-refractivity contribution in [3.05, 3.63) is 16.1 Å². The van der Waals surface area contributed by atoms with Crippen molar-refractivity contribution in [3.63, 3.8) is 0 Å². The van der Waals surface area contributed by atoms with Crippen LogP contribution >= 0.6 is 11.3 Å². The second-order valence-electron chi connectivity index (χ2n) is 2.71. The van der Waals surface area contributed by atoms with Crippen LogP contribution in [0.3, 0.4) is 0 Å². The van der Waals surface area contributed by atoms with Gasteiger partial charge in [0, 0.05) is 11.1 Å². The summed E-state index contributed by atoms with van der Waals surface area (Å²) >= 11 is 1.39. The first-order valence-corrected chi connectivity index (χ1v) is 4.51. The van der Waals surface area contributed by atoms with Gasteiger partial charge in [0.2, 0.25) is 5.01 Å². The van der Waals surface area contributed by atoms with Crippen LogP contribution in [0.5, 0.6) is 0 Å². The standard InChI is InChI=1S/C8H11NO2S/c1-5(2)6-4-9-7(12-6)8(10)11-3/h4-5H,1-3H3. The van der Waals surface area contributed by atoms with Crippen LogP contribution in [-0.4, -0.2) is 18.1 Å². The van der Waals surface area contributed by atoms with Crippen molar-refractivity contribution in [1.82, 2.24) is 4.98 Å². The van der Waals surface area contributed by atoms with E-state index >= 15 is 0 Å². The topological polar surface area (TPSA) is 39.2 Å². The zero-order valence-corrected chi connectivity index (χ0v) is 8.14. The molecule has 0 bridgehead atoms. The Morgan fingerprint density at radius 2 is 2.33 bits per heavy atom. The summed E-state index contributed by atoms with van der Waals surface area (Å²) in [6, 6.07) is 0. The first-order chi connectivity index (χ1) is 5.65. The molecule has 0 N–H and O–H groups in total. The van der Waals surface area contributed by atoms with E-state index in [0.717, 1.165) is 4.88 Å². The molecule has 0 spiro atoms. The number of methoxy groups -OCH3 is 1. The first kappa shape index (κ1) is 9.19. The monoisotopic (exact) mass is 185 g/mol. The van der Waals surface area contributed by atoms with E-state index in [9.17, 15) is 4.79 Å². The lowest BCUT2D eigenvalue weighted by molar-refractivity contribution is 0.0600. The minimum Gasteiger partial charge on any atom is -0.464 e. The molecule has 4 heteroatoms. The van der Waals surface area contributed by atoms with Crippen molar-refractivity contribution in [2.45, 2.75) is 19.8 Å². The highest BCUT2D eigenvalue weighted by atomic mass is 32.1. The predicted octanol–water partition coefficient (Wildman–Crippen LogP) is 2.05. The normalized spacial score (nSPS) is 10.3. The fourth-order valence-electron chi connectivity index (χ4n) is 0.735. The van der Waals surface area contributed by atoms with Crippen LogP contribution in [0.15, 0.2) is 6.20 Å². The lowest BCUT2D eigenvalue weighted by Crippen LogP contribution is -1.98. The molecule has 0 aliphatic rings. The van der Waals surface area contributed by atoms with Crippen LogP contribution in [0.2, 0.25) is 0 Å². The number of aromatic nitrogens is 1. The van der Waals surface area contributed by atoms with E-state index in [4.69, 9.17) is 0 Å². The highest BCUT2D eigenvalue weighted by Gasteiger charge is 2.12. The molecule has 3 nitrogen and oxygen atoms in total. The van der Waals surface area contributed by atoms with Gasteiger partial charge in [-0.15, -0.1) is 11.3 Å². The maximum Gasteiger partial charge on any atom is 0.367 e. The highest BCUT2D eigenvalue weighted by molar-refractivity contribution is 7.13. The van der Waals surface area contributed by atoms with E-state index in [0.29, 0.717) is 10.9 Å². The number of ether oxygens (including phenoxy) is 1. The highest BCUT2D eigenvalue weighted by Crippen LogP contribution is 2.21. The Bertz CT molecular complexity index is 280. The van der Waals surface area contributed by atoms with E-state index in [-0.39, 0.29) is 5.97 Å². The number of rotatable bonds is 2. The number of esters is 1. The number of hydrogen-bond donors (Lipinski definition) is 0. The van der Waals surface area contributed by atoms with Gasteiger partial charge in [-0.05, 0) is 5.92 Å². The first-order valence-electron chi connectivity index (χ1n) is 3.69. The Hall–Kier alpha value is -0.900. The molecular formula is C8H11NO2S. The van der Waals surface area contributed by atoms with Crippen LogP contribution in [0.4, 0.5) is 0 Å². The minimum absolute atomic E-state index is 0.355. The van der Waals surface area contributed by atoms with Gasteiger partial charge in [-0.3, -0.25) is 0 Å². The van der Waals surface area contributed by atoms with Crippen LogP contribution in [0, 0.1) is 0 Å². The molecular weight excluding hydrogens is 174 g/mol. The molecule has 66 valence electrons. The molecule has 1 aromatic rings. The Morgan fingerprint density at radius 1 is 1.67 bits per heavy atom. The maximum absolute atomic E-state index is 11.0. The zero-order valence-electron chi connectivity index (χ0n) is 7.33. The van der Waals surface area contributed by atoms with Gasteiger partial charge in [-0.1, -0.05) is 13.8 Å². The smallest absolute Gasteiger partial charge is 0.367 e. The molecule has 0 radical (unpaired) electrons. The molecule has 0 atom stereocenters. The molecule has 0 aliphatic carbocycles. The summed E-state index contributed by atoms with van der Waals surface area (Å²) in [5.74, 6) is 0.0628. The maximum atomic E-state index is 11.0. The second-order valence-corrected chi connectivity index (χ2v) is 3.78. The van der Waals surface area contributed by atoms with Crippen molar-refractivity contribution in [2.24, 2.45) is 0 Å². The summed E-state index contributed by atoms with van der Waals surface area (Å²) in [6.45, 7) is 4.13. The van der Waals surface area contributed by atoms with Gasteiger partial charge < -0.3 is 4.74 Å². The SMILES string of the molecule is COC(=O)c1ncc(C(C)C)s1. The van der Waals surface area contributed by atoms with Gasteiger partial charge in [0.15, 0.2) is 0 Å². The third-order valence-electron chi connectivity index (χ3n) is 1.45. The molecule has 1 heterocycles. The van der Waals surface area contributed by atoms with Crippen LogP contribution in [-0.2, 0) is 4.74 Å².